The van der Waals surface area contributed by atoms with Gasteiger partial charge in [-0.2, -0.15) is 10.5 Å². The number of pyridine rings is 1. The van der Waals surface area contributed by atoms with E-state index >= 15 is 0 Å². The van der Waals surface area contributed by atoms with Gasteiger partial charge in [0.2, 0.25) is 0 Å². The van der Waals surface area contributed by atoms with Gasteiger partial charge in [-0.25, -0.2) is 8.78 Å². The molecular formula is C19H10F2N4O2. The zero-order chi connectivity index (χ0) is 19.6. The molecular weight excluding hydrogens is 354 g/mol. The van der Waals surface area contributed by atoms with Crippen LogP contribution in [0, 0.1) is 34.3 Å². The number of aromatic nitrogens is 1. The van der Waals surface area contributed by atoms with Crippen molar-refractivity contribution in [1.82, 2.24) is 4.98 Å². The van der Waals surface area contributed by atoms with Crippen molar-refractivity contribution >= 4 is 5.82 Å². The van der Waals surface area contributed by atoms with Crippen LogP contribution < -0.4 is 16.0 Å². The van der Waals surface area contributed by atoms with E-state index in [1.165, 1.54) is 12.1 Å². The minimum absolute atomic E-state index is 0.0197. The van der Waals surface area contributed by atoms with Crippen LogP contribution in [0.25, 0.3) is 11.1 Å². The number of nitrogen functional groups attached to an aromatic ring is 1. The van der Waals surface area contributed by atoms with E-state index in [0.29, 0.717) is 6.07 Å². The Labute approximate surface area is 151 Å². The maximum Gasteiger partial charge on any atom is 0.268 e. The lowest BCUT2D eigenvalue weighted by Crippen LogP contribution is -2.16. The second kappa shape index (κ2) is 6.98. The lowest BCUT2D eigenvalue weighted by molar-refractivity contribution is 0.470. The second-order valence-electron chi connectivity index (χ2n) is 5.42. The van der Waals surface area contributed by atoms with E-state index in [4.69, 9.17) is 10.5 Å². The molecule has 0 saturated carbocycles. The Balaban J connectivity index is 2.26. The molecule has 132 valence electrons. The largest absolute Gasteiger partial charge is 0.457 e. The Morgan fingerprint density at radius 3 is 2.26 bits per heavy atom. The van der Waals surface area contributed by atoms with Crippen molar-refractivity contribution in [3.63, 3.8) is 0 Å². The lowest BCUT2D eigenvalue weighted by Gasteiger charge is -2.14. The maximum atomic E-state index is 13.4. The van der Waals surface area contributed by atoms with E-state index < -0.39 is 17.2 Å². The molecule has 0 saturated heterocycles. The summed E-state index contributed by atoms with van der Waals surface area (Å²) < 4.78 is 32.4. The summed E-state index contributed by atoms with van der Waals surface area (Å²) in [5, 5.41) is 18.8. The Hall–Kier alpha value is -4.17. The Kier molecular flexibility index (Phi) is 4.56. The number of anilines is 1. The van der Waals surface area contributed by atoms with Crippen molar-refractivity contribution in [2.24, 2.45) is 0 Å². The van der Waals surface area contributed by atoms with Crippen LogP contribution in [0.2, 0.25) is 0 Å². The average molecular weight is 364 g/mol. The van der Waals surface area contributed by atoms with E-state index in [0.717, 1.165) is 12.1 Å². The van der Waals surface area contributed by atoms with Crippen LogP contribution in [0.3, 0.4) is 0 Å². The highest BCUT2D eigenvalue weighted by molar-refractivity contribution is 5.83. The third-order valence-electron chi connectivity index (χ3n) is 3.69. The van der Waals surface area contributed by atoms with Crippen molar-refractivity contribution in [1.29, 1.82) is 10.5 Å². The van der Waals surface area contributed by atoms with E-state index in [1.54, 1.807) is 18.2 Å². The topological polar surface area (TPSA) is 116 Å². The van der Waals surface area contributed by atoms with E-state index in [-0.39, 0.29) is 39.6 Å². The van der Waals surface area contributed by atoms with Crippen molar-refractivity contribution < 1.29 is 13.5 Å². The number of aromatic amines is 1. The molecule has 3 N–H and O–H groups in total. The molecule has 3 rings (SSSR count). The third kappa shape index (κ3) is 3.32. The molecule has 0 spiro atoms. The number of nitrogens with one attached hydrogen (secondary N) is 1. The molecule has 0 unspecified atom stereocenters. The number of nitriles is 2. The molecule has 0 aliphatic heterocycles. The van der Waals surface area contributed by atoms with Crippen LogP contribution in [0.15, 0.2) is 47.3 Å². The van der Waals surface area contributed by atoms with Crippen LogP contribution in [0.4, 0.5) is 14.6 Å². The standard InChI is InChI=1S/C19H10F2N4O2/c20-10-5-11(21)7-12(6-10)27-16-4-2-1-3-13(16)17-14(8-22)18(24)25-19(26)15(17)9-23/h1-7H,(H3,24,25,26). The molecule has 3 aromatic rings. The van der Waals surface area contributed by atoms with Gasteiger partial charge in [-0.05, 0) is 6.07 Å². The summed E-state index contributed by atoms with van der Waals surface area (Å²) in [6.45, 7) is 0. The minimum atomic E-state index is -0.835. The molecule has 0 atom stereocenters. The number of halogens is 2. The van der Waals surface area contributed by atoms with Gasteiger partial charge >= 0.3 is 0 Å². The summed E-state index contributed by atoms with van der Waals surface area (Å²) in [6, 6.07) is 12.4. The first-order valence-corrected chi connectivity index (χ1v) is 7.54. The number of benzene rings is 2. The maximum absolute atomic E-state index is 13.4. The zero-order valence-corrected chi connectivity index (χ0v) is 13.6. The molecule has 0 bridgehead atoms. The number of para-hydroxylation sites is 1. The van der Waals surface area contributed by atoms with E-state index in [2.05, 4.69) is 4.98 Å². The van der Waals surface area contributed by atoms with Crippen LogP contribution >= 0.6 is 0 Å². The number of nitrogens with two attached hydrogens (primary N) is 1. The molecule has 6 nitrogen and oxygen atoms in total. The fraction of sp³-hybridized carbons (Fsp3) is 0. The monoisotopic (exact) mass is 364 g/mol. The number of hydrogen-bond donors (Lipinski definition) is 2. The number of nitrogens with zero attached hydrogens (tertiary/aromatic N) is 2. The molecule has 1 aromatic heterocycles. The first-order chi connectivity index (χ1) is 12.9. The van der Waals surface area contributed by atoms with Gasteiger partial charge in [-0.1, -0.05) is 18.2 Å². The summed E-state index contributed by atoms with van der Waals surface area (Å²) >= 11 is 0. The Morgan fingerprint density at radius 2 is 1.63 bits per heavy atom. The highest BCUT2D eigenvalue weighted by Crippen LogP contribution is 2.37. The summed E-state index contributed by atoms with van der Waals surface area (Å²) in [5.41, 5.74) is 4.67. The molecule has 27 heavy (non-hydrogen) atoms. The summed E-state index contributed by atoms with van der Waals surface area (Å²) in [5.74, 6) is -1.92. The van der Waals surface area contributed by atoms with Crippen molar-refractivity contribution in [2.45, 2.75) is 0 Å². The molecule has 2 aromatic carbocycles. The highest BCUT2D eigenvalue weighted by Gasteiger charge is 2.21. The normalized spacial score (nSPS) is 10.1. The predicted molar refractivity (Wildman–Crippen MR) is 92.8 cm³/mol. The Morgan fingerprint density at radius 1 is 1.00 bits per heavy atom. The number of hydrogen-bond acceptors (Lipinski definition) is 5. The minimum Gasteiger partial charge on any atom is -0.457 e. The summed E-state index contributed by atoms with van der Waals surface area (Å²) in [6.07, 6.45) is 0. The van der Waals surface area contributed by atoms with Gasteiger partial charge in [-0.3, -0.25) is 4.79 Å². The van der Waals surface area contributed by atoms with Gasteiger partial charge in [-0.15, -0.1) is 0 Å². The van der Waals surface area contributed by atoms with Gasteiger partial charge in [0.1, 0.15) is 52.2 Å². The lowest BCUT2D eigenvalue weighted by atomic mass is 9.96. The van der Waals surface area contributed by atoms with Crippen molar-refractivity contribution in [3.05, 3.63) is 75.6 Å². The summed E-state index contributed by atoms with van der Waals surface area (Å²) in [4.78, 5) is 14.3. The second-order valence-corrected chi connectivity index (χ2v) is 5.42. The van der Waals surface area contributed by atoms with Crippen LogP contribution in [0.5, 0.6) is 11.5 Å². The average Bonchev–Trinajstić information content (AvgIpc) is 2.61. The molecule has 1 heterocycles. The van der Waals surface area contributed by atoms with Gasteiger partial charge in [0.05, 0.1) is 0 Å². The predicted octanol–water partition coefficient (Wildman–Crippen LogP) is 3.44. The zero-order valence-electron chi connectivity index (χ0n) is 13.6. The summed E-state index contributed by atoms with van der Waals surface area (Å²) in [7, 11) is 0. The smallest absolute Gasteiger partial charge is 0.268 e. The van der Waals surface area contributed by atoms with Gasteiger partial charge < -0.3 is 15.5 Å². The van der Waals surface area contributed by atoms with Crippen molar-refractivity contribution in [2.75, 3.05) is 5.73 Å². The molecule has 0 aliphatic carbocycles. The SMILES string of the molecule is N#Cc1c(N)[nH]c(=O)c(C#N)c1-c1ccccc1Oc1cc(F)cc(F)c1. The molecule has 0 fully saturated rings. The molecule has 0 radical (unpaired) electrons. The van der Waals surface area contributed by atoms with E-state index in [1.807, 2.05) is 6.07 Å². The van der Waals surface area contributed by atoms with Gasteiger partial charge in [0, 0.05) is 29.3 Å². The first kappa shape index (κ1) is 17.6. The fourth-order valence-electron chi connectivity index (χ4n) is 2.59. The van der Waals surface area contributed by atoms with Gasteiger partial charge in [0.15, 0.2) is 0 Å². The van der Waals surface area contributed by atoms with Crippen LogP contribution in [-0.2, 0) is 0 Å². The van der Waals surface area contributed by atoms with Crippen LogP contribution in [0.1, 0.15) is 11.1 Å². The molecule has 0 amide bonds. The number of H-pyrrole nitrogens is 1. The van der Waals surface area contributed by atoms with E-state index in [9.17, 15) is 24.1 Å². The van der Waals surface area contributed by atoms with Crippen molar-refractivity contribution in [3.8, 4) is 34.8 Å². The highest BCUT2D eigenvalue weighted by atomic mass is 19.1. The Bertz CT molecular complexity index is 1170. The quantitative estimate of drug-likeness (QED) is 0.738. The number of rotatable bonds is 3. The molecule has 8 heteroatoms. The van der Waals surface area contributed by atoms with Gasteiger partial charge in [0.25, 0.3) is 5.56 Å². The third-order valence-corrected chi connectivity index (χ3v) is 3.69. The first-order valence-electron chi connectivity index (χ1n) is 7.54. The number of ether oxygens (including phenoxy) is 1. The van der Waals surface area contributed by atoms with Crippen LogP contribution in [-0.4, -0.2) is 4.98 Å². The fourth-order valence-corrected chi connectivity index (χ4v) is 2.59. The molecule has 0 aliphatic rings.